The lowest BCUT2D eigenvalue weighted by atomic mass is 9.95. The van der Waals surface area contributed by atoms with Crippen LogP contribution < -0.4 is 5.32 Å². The molecule has 0 fully saturated rings. The maximum Gasteiger partial charge on any atom is 0.307 e. The summed E-state index contributed by atoms with van der Waals surface area (Å²) in [5.41, 5.74) is 3.75. The first-order chi connectivity index (χ1) is 11.3. The Kier molecular flexibility index (Phi) is 6.15. The fourth-order valence-corrected chi connectivity index (χ4v) is 2.99. The summed E-state index contributed by atoms with van der Waals surface area (Å²) in [7, 11) is 0. The normalized spacial score (nSPS) is 11.8. The van der Waals surface area contributed by atoms with Crippen molar-refractivity contribution in [1.29, 1.82) is 0 Å². The van der Waals surface area contributed by atoms with Crippen LogP contribution in [-0.2, 0) is 16.0 Å². The van der Waals surface area contributed by atoms with E-state index in [1.807, 2.05) is 50.2 Å². The van der Waals surface area contributed by atoms with E-state index in [1.54, 1.807) is 6.07 Å². The van der Waals surface area contributed by atoms with Crippen molar-refractivity contribution in [2.45, 2.75) is 26.7 Å². The molecule has 0 heterocycles. The highest BCUT2D eigenvalue weighted by Crippen LogP contribution is 2.24. The minimum Gasteiger partial charge on any atom is -0.481 e. The SMILES string of the molecule is Cc1ccc(C[C@@H](CC(=O)Nc2ccc(C)cc2Br)C(=O)O)cc1. The van der Waals surface area contributed by atoms with E-state index in [0.29, 0.717) is 12.1 Å². The number of rotatable bonds is 6. The predicted octanol–water partition coefficient (Wildman–Crippen LogP) is 4.34. The Bertz CT molecular complexity index is 741. The molecule has 5 heteroatoms. The van der Waals surface area contributed by atoms with Crippen molar-refractivity contribution in [2.24, 2.45) is 5.92 Å². The van der Waals surface area contributed by atoms with Crippen LogP contribution in [0.15, 0.2) is 46.9 Å². The number of aliphatic carboxylic acids is 1. The second-order valence-corrected chi connectivity index (χ2v) is 6.81. The summed E-state index contributed by atoms with van der Waals surface area (Å²) < 4.78 is 0.779. The molecule has 4 nitrogen and oxygen atoms in total. The minimum absolute atomic E-state index is 0.0659. The van der Waals surface area contributed by atoms with E-state index in [9.17, 15) is 14.7 Å². The average Bonchev–Trinajstić information content (AvgIpc) is 2.51. The third-order valence-corrected chi connectivity index (χ3v) is 4.44. The van der Waals surface area contributed by atoms with E-state index < -0.39 is 11.9 Å². The molecule has 0 bridgehead atoms. The molecule has 0 unspecified atom stereocenters. The van der Waals surface area contributed by atoms with E-state index in [4.69, 9.17) is 0 Å². The zero-order valence-electron chi connectivity index (χ0n) is 13.7. The Morgan fingerprint density at radius 1 is 1.08 bits per heavy atom. The van der Waals surface area contributed by atoms with Crippen LogP contribution in [0.4, 0.5) is 5.69 Å². The number of carboxylic acid groups (broad SMARTS) is 1. The number of hydrogen-bond donors (Lipinski definition) is 2. The van der Waals surface area contributed by atoms with Gasteiger partial charge in [0.05, 0.1) is 11.6 Å². The Balaban J connectivity index is 2.02. The molecule has 126 valence electrons. The van der Waals surface area contributed by atoms with Gasteiger partial charge in [-0.25, -0.2) is 0 Å². The van der Waals surface area contributed by atoms with Gasteiger partial charge in [0.15, 0.2) is 0 Å². The lowest BCUT2D eigenvalue weighted by Crippen LogP contribution is -2.24. The van der Waals surface area contributed by atoms with Crippen LogP contribution in [0.5, 0.6) is 0 Å². The fraction of sp³-hybridized carbons (Fsp3) is 0.263. The van der Waals surface area contributed by atoms with Crippen molar-refractivity contribution in [3.63, 3.8) is 0 Å². The highest BCUT2D eigenvalue weighted by molar-refractivity contribution is 9.10. The highest BCUT2D eigenvalue weighted by Gasteiger charge is 2.22. The number of nitrogens with one attached hydrogen (secondary N) is 1. The van der Waals surface area contributed by atoms with Crippen molar-refractivity contribution in [3.8, 4) is 0 Å². The van der Waals surface area contributed by atoms with Crippen LogP contribution in [0, 0.1) is 19.8 Å². The number of halogens is 1. The quantitative estimate of drug-likeness (QED) is 0.771. The molecule has 2 aromatic rings. The average molecular weight is 390 g/mol. The molecule has 0 saturated carbocycles. The lowest BCUT2D eigenvalue weighted by molar-refractivity contribution is -0.143. The monoisotopic (exact) mass is 389 g/mol. The standard InChI is InChI=1S/C19H20BrNO3/c1-12-3-6-14(7-4-12)10-15(19(23)24)11-18(22)21-17-8-5-13(2)9-16(17)20/h3-9,15H,10-11H2,1-2H3,(H,21,22)(H,23,24)/t15-/m0/s1. The third-order valence-electron chi connectivity index (χ3n) is 3.78. The van der Waals surface area contributed by atoms with E-state index in [-0.39, 0.29) is 12.3 Å². The first kappa shape index (κ1) is 18.2. The van der Waals surface area contributed by atoms with Gasteiger partial charge in [-0.3, -0.25) is 9.59 Å². The van der Waals surface area contributed by atoms with Crippen LogP contribution in [0.1, 0.15) is 23.1 Å². The summed E-state index contributed by atoms with van der Waals surface area (Å²) in [5.74, 6) is -2.02. The maximum absolute atomic E-state index is 12.2. The molecule has 1 amide bonds. The largest absolute Gasteiger partial charge is 0.481 e. The first-order valence-corrected chi connectivity index (χ1v) is 8.49. The summed E-state index contributed by atoms with van der Waals surface area (Å²) in [6.45, 7) is 3.93. The molecule has 0 aliphatic heterocycles. The van der Waals surface area contributed by atoms with Gasteiger partial charge >= 0.3 is 5.97 Å². The summed E-state index contributed by atoms with van der Waals surface area (Å²) in [6, 6.07) is 13.3. The zero-order valence-corrected chi connectivity index (χ0v) is 15.3. The molecule has 2 rings (SSSR count). The molecule has 0 saturated heterocycles. The topological polar surface area (TPSA) is 66.4 Å². The molecule has 2 aromatic carbocycles. The number of hydrogen-bond acceptors (Lipinski definition) is 2. The molecule has 0 aromatic heterocycles. The summed E-state index contributed by atoms with van der Waals surface area (Å²) in [6.07, 6.45) is 0.266. The van der Waals surface area contributed by atoms with Gasteiger partial charge in [0.25, 0.3) is 0 Å². The summed E-state index contributed by atoms with van der Waals surface area (Å²) in [4.78, 5) is 23.7. The Morgan fingerprint density at radius 3 is 2.29 bits per heavy atom. The first-order valence-electron chi connectivity index (χ1n) is 7.69. The van der Waals surface area contributed by atoms with Gasteiger partial charge in [0.2, 0.25) is 5.91 Å². The van der Waals surface area contributed by atoms with Crippen LogP contribution in [0.25, 0.3) is 0 Å². The number of carboxylic acids is 1. The number of carbonyl (C=O) groups excluding carboxylic acids is 1. The maximum atomic E-state index is 12.2. The van der Waals surface area contributed by atoms with E-state index in [0.717, 1.165) is 21.2 Å². The zero-order chi connectivity index (χ0) is 17.7. The smallest absolute Gasteiger partial charge is 0.307 e. The van der Waals surface area contributed by atoms with Gasteiger partial charge in [-0.1, -0.05) is 35.9 Å². The van der Waals surface area contributed by atoms with Crippen LogP contribution in [-0.4, -0.2) is 17.0 Å². The van der Waals surface area contributed by atoms with Crippen molar-refractivity contribution in [2.75, 3.05) is 5.32 Å². The van der Waals surface area contributed by atoms with Gasteiger partial charge < -0.3 is 10.4 Å². The number of carbonyl (C=O) groups is 2. The second kappa shape index (κ2) is 8.11. The molecule has 0 aliphatic carbocycles. The van der Waals surface area contributed by atoms with Gasteiger partial charge in [-0.15, -0.1) is 0 Å². The van der Waals surface area contributed by atoms with Crippen LogP contribution >= 0.6 is 15.9 Å². The Labute approximate surface area is 150 Å². The number of anilines is 1. The van der Waals surface area contributed by atoms with Crippen LogP contribution in [0.3, 0.4) is 0 Å². The highest BCUT2D eigenvalue weighted by atomic mass is 79.9. The minimum atomic E-state index is -0.964. The molecule has 2 N–H and O–H groups in total. The number of amides is 1. The molecule has 0 spiro atoms. The van der Waals surface area contributed by atoms with Crippen LogP contribution in [0.2, 0.25) is 0 Å². The Hall–Kier alpha value is -2.14. The molecule has 0 aliphatic rings. The number of aryl methyl sites for hydroxylation is 2. The van der Waals surface area contributed by atoms with Gasteiger partial charge in [0, 0.05) is 10.9 Å². The van der Waals surface area contributed by atoms with E-state index in [1.165, 1.54) is 0 Å². The lowest BCUT2D eigenvalue weighted by Gasteiger charge is -2.14. The molecule has 24 heavy (non-hydrogen) atoms. The Morgan fingerprint density at radius 2 is 1.71 bits per heavy atom. The predicted molar refractivity (Wildman–Crippen MR) is 98.1 cm³/mol. The van der Waals surface area contributed by atoms with E-state index in [2.05, 4.69) is 21.2 Å². The molecule has 0 radical (unpaired) electrons. The van der Waals surface area contributed by atoms with Crippen molar-refractivity contribution in [1.82, 2.24) is 0 Å². The van der Waals surface area contributed by atoms with Crippen molar-refractivity contribution >= 4 is 33.5 Å². The van der Waals surface area contributed by atoms with Gasteiger partial charge in [-0.2, -0.15) is 0 Å². The molecular weight excluding hydrogens is 370 g/mol. The van der Waals surface area contributed by atoms with Gasteiger partial charge in [-0.05, 0) is 59.5 Å². The summed E-state index contributed by atoms with van der Waals surface area (Å²) in [5, 5.41) is 12.2. The second-order valence-electron chi connectivity index (χ2n) is 5.96. The third kappa shape index (κ3) is 5.20. The van der Waals surface area contributed by atoms with E-state index >= 15 is 0 Å². The molecule has 1 atom stereocenters. The van der Waals surface area contributed by atoms with Crippen molar-refractivity contribution < 1.29 is 14.7 Å². The summed E-state index contributed by atoms with van der Waals surface area (Å²) >= 11 is 3.40. The van der Waals surface area contributed by atoms with Crippen molar-refractivity contribution in [3.05, 3.63) is 63.6 Å². The molecular formula is C19H20BrNO3. The number of benzene rings is 2. The fourth-order valence-electron chi connectivity index (χ4n) is 2.40. The van der Waals surface area contributed by atoms with Gasteiger partial charge in [0.1, 0.15) is 0 Å².